The predicted molar refractivity (Wildman–Crippen MR) is 114 cm³/mol. The van der Waals surface area contributed by atoms with Crippen LogP contribution in [-0.4, -0.2) is 42.0 Å². The molecule has 2 aromatic carbocycles. The minimum atomic E-state index is 0.00622. The molecule has 0 saturated carbocycles. The second kappa shape index (κ2) is 8.96. The average molecular weight is 410 g/mol. The van der Waals surface area contributed by atoms with Gasteiger partial charge in [-0.2, -0.15) is 0 Å². The molecule has 1 unspecified atom stereocenters. The van der Waals surface area contributed by atoms with Crippen LogP contribution in [0.3, 0.4) is 0 Å². The number of methoxy groups -OCH3 is 1. The number of amides is 1. The Morgan fingerprint density at radius 1 is 1.24 bits per heavy atom. The largest absolute Gasteiger partial charge is 0.493 e. The van der Waals surface area contributed by atoms with Crippen molar-refractivity contribution in [2.75, 3.05) is 25.5 Å². The van der Waals surface area contributed by atoms with E-state index in [1.807, 2.05) is 40.6 Å². The van der Waals surface area contributed by atoms with Gasteiger partial charge in [0.05, 0.1) is 18.3 Å². The van der Waals surface area contributed by atoms with Crippen LogP contribution >= 0.6 is 11.3 Å². The van der Waals surface area contributed by atoms with Crippen molar-refractivity contribution in [3.8, 4) is 11.5 Å². The van der Waals surface area contributed by atoms with Gasteiger partial charge in [0.15, 0.2) is 11.5 Å². The first-order chi connectivity index (χ1) is 14.2. The molecule has 1 atom stereocenters. The van der Waals surface area contributed by atoms with Crippen molar-refractivity contribution in [2.24, 2.45) is 0 Å². The zero-order valence-corrected chi connectivity index (χ0v) is 17.0. The van der Waals surface area contributed by atoms with E-state index in [-0.39, 0.29) is 11.9 Å². The van der Waals surface area contributed by atoms with Gasteiger partial charge in [-0.25, -0.2) is 4.98 Å². The SMILES string of the molecule is COc1cc(C(=O)N2CCC(Nc3ccccc3)C2)ccc1OCc1cscn1. The summed E-state index contributed by atoms with van der Waals surface area (Å²) in [6, 6.07) is 15.7. The summed E-state index contributed by atoms with van der Waals surface area (Å²) in [6.07, 6.45) is 0.923. The third-order valence-corrected chi connectivity index (χ3v) is 5.52. The molecule has 1 amide bonds. The third kappa shape index (κ3) is 4.68. The highest BCUT2D eigenvalue weighted by molar-refractivity contribution is 7.07. The van der Waals surface area contributed by atoms with Gasteiger partial charge in [0.1, 0.15) is 6.61 Å². The minimum Gasteiger partial charge on any atom is -0.493 e. The van der Waals surface area contributed by atoms with Gasteiger partial charge in [0, 0.05) is 35.8 Å². The van der Waals surface area contributed by atoms with Gasteiger partial charge < -0.3 is 19.7 Å². The van der Waals surface area contributed by atoms with E-state index < -0.39 is 0 Å². The molecule has 6 nitrogen and oxygen atoms in total. The zero-order chi connectivity index (χ0) is 20.1. The standard InChI is InChI=1S/C22H23N3O3S/c1-27-21-11-16(7-8-20(21)28-13-19-14-29-15-23-19)22(26)25-10-9-18(12-25)24-17-5-3-2-4-6-17/h2-8,11,14-15,18,24H,9-10,12-13H2,1H3. The van der Waals surface area contributed by atoms with Crippen LogP contribution in [0, 0.1) is 0 Å². The number of hydrogen-bond acceptors (Lipinski definition) is 6. The molecule has 0 bridgehead atoms. The summed E-state index contributed by atoms with van der Waals surface area (Å²) in [4.78, 5) is 19.1. The molecule has 0 spiro atoms. The molecule has 1 fully saturated rings. The van der Waals surface area contributed by atoms with Crippen molar-refractivity contribution in [2.45, 2.75) is 19.1 Å². The van der Waals surface area contributed by atoms with Crippen molar-refractivity contribution in [3.05, 3.63) is 70.7 Å². The Bertz CT molecular complexity index is 947. The van der Waals surface area contributed by atoms with E-state index in [1.165, 1.54) is 11.3 Å². The Labute approximate surface area is 174 Å². The molecule has 29 heavy (non-hydrogen) atoms. The summed E-state index contributed by atoms with van der Waals surface area (Å²) in [5, 5.41) is 5.44. The van der Waals surface area contributed by atoms with Crippen LogP contribution < -0.4 is 14.8 Å². The Morgan fingerprint density at radius 2 is 2.10 bits per heavy atom. The lowest BCUT2D eigenvalue weighted by molar-refractivity contribution is 0.0791. The minimum absolute atomic E-state index is 0.00622. The number of thiazole rings is 1. The number of anilines is 1. The summed E-state index contributed by atoms with van der Waals surface area (Å²) < 4.78 is 11.2. The van der Waals surface area contributed by atoms with Crippen molar-refractivity contribution < 1.29 is 14.3 Å². The third-order valence-electron chi connectivity index (χ3n) is 4.89. The number of likely N-dealkylation sites (tertiary alicyclic amines) is 1. The number of ether oxygens (including phenoxy) is 2. The monoisotopic (exact) mass is 409 g/mol. The normalized spacial score (nSPS) is 15.9. The number of nitrogens with one attached hydrogen (secondary N) is 1. The number of carbonyl (C=O) groups is 1. The Morgan fingerprint density at radius 3 is 2.86 bits per heavy atom. The summed E-state index contributed by atoms with van der Waals surface area (Å²) in [5.41, 5.74) is 4.32. The van der Waals surface area contributed by atoms with Crippen molar-refractivity contribution >= 4 is 22.9 Å². The highest BCUT2D eigenvalue weighted by atomic mass is 32.1. The fourth-order valence-electron chi connectivity index (χ4n) is 3.40. The summed E-state index contributed by atoms with van der Waals surface area (Å²) >= 11 is 1.53. The van der Waals surface area contributed by atoms with Crippen LogP contribution in [0.1, 0.15) is 22.5 Å². The van der Waals surface area contributed by atoms with E-state index >= 15 is 0 Å². The Balaban J connectivity index is 1.39. The second-order valence-electron chi connectivity index (χ2n) is 6.88. The summed E-state index contributed by atoms with van der Waals surface area (Å²) in [5.74, 6) is 1.15. The molecule has 3 aromatic rings. The Hall–Kier alpha value is -3.06. The molecule has 1 N–H and O–H groups in total. The first-order valence-electron chi connectivity index (χ1n) is 9.51. The lowest BCUT2D eigenvalue weighted by Gasteiger charge is -2.19. The molecular formula is C22H23N3O3S. The molecule has 4 rings (SSSR count). The molecule has 2 heterocycles. The van der Waals surface area contributed by atoms with Crippen molar-refractivity contribution in [3.63, 3.8) is 0 Å². The van der Waals surface area contributed by atoms with E-state index in [0.29, 0.717) is 30.2 Å². The summed E-state index contributed by atoms with van der Waals surface area (Å²) in [7, 11) is 1.58. The maximum atomic E-state index is 13.0. The number of nitrogens with zero attached hydrogens (tertiary/aromatic N) is 2. The summed E-state index contributed by atoms with van der Waals surface area (Å²) in [6.45, 7) is 1.78. The van der Waals surface area contributed by atoms with Gasteiger partial charge in [0.2, 0.25) is 0 Å². The van der Waals surface area contributed by atoms with Crippen LogP contribution in [0.25, 0.3) is 0 Å². The quantitative estimate of drug-likeness (QED) is 0.638. The van der Waals surface area contributed by atoms with Gasteiger partial charge in [-0.3, -0.25) is 4.79 Å². The van der Waals surface area contributed by atoms with E-state index in [1.54, 1.807) is 30.8 Å². The van der Waals surface area contributed by atoms with Crippen LogP contribution in [-0.2, 0) is 6.61 Å². The van der Waals surface area contributed by atoms with Crippen LogP contribution in [0.5, 0.6) is 11.5 Å². The van der Waals surface area contributed by atoms with Gasteiger partial charge >= 0.3 is 0 Å². The van der Waals surface area contributed by atoms with E-state index in [0.717, 1.165) is 24.3 Å². The predicted octanol–water partition coefficient (Wildman–Crippen LogP) is 4.06. The smallest absolute Gasteiger partial charge is 0.254 e. The fourth-order valence-corrected chi connectivity index (χ4v) is 3.94. The molecule has 7 heteroatoms. The molecule has 150 valence electrons. The van der Waals surface area contributed by atoms with Crippen molar-refractivity contribution in [1.29, 1.82) is 0 Å². The molecule has 0 aliphatic carbocycles. The first kappa shape index (κ1) is 19.3. The highest BCUT2D eigenvalue weighted by Gasteiger charge is 2.27. The van der Waals surface area contributed by atoms with E-state index in [2.05, 4.69) is 10.3 Å². The van der Waals surface area contributed by atoms with E-state index in [4.69, 9.17) is 9.47 Å². The van der Waals surface area contributed by atoms with Crippen LogP contribution in [0.15, 0.2) is 59.4 Å². The van der Waals surface area contributed by atoms with Crippen molar-refractivity contribution in [1.82, 2.24) is 9.88 Å². The Kier molecular flexibility index (Phi) is 5.95. The second-order valence-corrected chi connectivity index (χ2v) is 7.60. The maximum absolute atomic E-state index is 13.0. The number of aromatic nitrogens is 1. The zero-order valence-electron chi connectivity index (χ0n) is 16.2. The molecule has 1 aliphatic heterocycles. The number of para-hydroxylation sites is 1. The van der Waals surface area contributed by atoms with Gasteiger partial charge in [-0.1, -0.05) is 18.2 Å². The van der Waals surface area contributed by atoms with Crippen LogP contribution in [0.4, 0.5) is 5.69 Å². The lowest BCUT2D eigenvalue weighted by atomic mass is 10.1. The van der Waals surface area contributed by atoms with Gasteiger partial charge in [0.25, 0.3) is 5.91 Å². The number of rotatable bonds is 7. The number of carbonyl (C=O) groups excluding carboxylic acids is 1. The lowest BCUT2D eigenvalue weighted by Crippen LogP contribution is -2.31. The van der Waals surface area contributed by atoms with Gasteiger partial charge in [-0.15, -0.1) is 11.3 Å². The molecule has 1 aromatic heterocycles. The average Bonchev–Trinajstić information content (AvgIpc) is 3.44. The molecular weight excluding hydrogens is 386 g/mol. The van der Waals surface area contributed by atoms with Gasteiger partial charge in [-0.05, 0) is 36.8 Å². The molecule has 1 aliphatic rings. The highest BCUT2D eigenvalue weighted by Crippen LogP contribution is 2.30. The molecule has 0 radical (unpaired) electrons. The number of hydrogen-bond donors (Lipinski definition) is 1. The van der Waals surface area contributed by atoms with Crippen LogP contribution in [0.2, 0.25) is 0 Å². The topological polar surface area (TPSA) is 63.7 Å². The maximum Gasteiger partial charge on any atom is 0.254 e. The fraction of sp³-hybridized carbons (Fsp3) is 0.273. The molecule has 1 saturated heterocycles. The first-order valence-corrected chi connectivity index (χ1v) is 10.5. The number of benzene rings is 2. The van der Waals surface area contributed by atoms with E-state index in [9.17, 15) is 4.79 Å².